The zero-order valence-electron chi connectivity index (χ0n) is 59.7. The fourth-order valence-corrected chi connectivity index (χ4v) is 10.1. The van der Waals surface area contributed by atoms with Gasteiger partial charge in [0.2, 0.25) is 83.2 Å². The van der Waals surface area contributed by atoms with Crippen LogP contribution in [0.5, 0.6) is 0 Å². The van der Waals surface area contributed by atoms with E-state index in [9.17, 15) is 77.3 Å². The van der Waals surface area contributed by atoms with Crippen molar-refractivity contribution in [2.75, 3.05) is 52.4 Å². The van der Waals surface area contributed by atoms with Gasteiger partial charge in [0.1, 0.15) is 60.4 Å². The van der Waals surface area contributed by atoms with Gasteiger partial charge in [0.25, 0.3) is 0 Å². The summed E-state index contributed by atoms with van der Waals surface area (Å²) in [7, 11) is 0. The van der Waals surface area contributed by atoms with Gasteiger partial charge in [0, 0.05) is 26.1 Å². The van der Waals surface area contributed by atoms with E-state index in [0.717, 1.165) is 5.56 Å². The molecule has 2 aromatic rings. The maximum absolute atomic E-state index is 14.2. The topological polar surface area (TPSA) is 669 Å². The van der Waals surface area contributed by atoms with E-state index in [1.54, 1.807) is 60.7 Å². The summed E-state index contributed by atoms with van der Waals surface area (Å²) in [6.07, 6.45) is 1.23. The Morgan fingerprint density at radius 2 is 0.810 bits per heavy atom. The highest BCUT2D eigenvalue weighted by Gasteiger charge is 2.35. The van der Waals surface area contributed by atoms with E-state index in [1.807, 2.05) is 0 Å². The summed E-state index contributed by atoms with van der Waals surface area (Å²) in [5.41, 5.74) is 46.1. The Balaban J connectivity index is 2.27. The lowest BCUT2D eigenvalue weighted by atomic mass is 10.0. The van der Waals surface area contributed by atoms with Gasteiger partial charge in [0.15, 0.2) is 11.9 Å². The van der Waals surface area contributed by atoms with Crippen LogP contribution in [0.4, 0.5) is 0 Å². The van der Waals surface area contributed by atoms with Crippen molar-refractivity contribution in [1.82, 2.24) is 69.1 Å². The maximum atomic E-state index is 14.2. The Morgan fingerprint density at radius 3 is 1.27 bits per heavy atom. The number of carbonyl (C=O) groups is 14. The lowest BCUT2D eigenvalue weighted by Gasteiger charge is -2.27. The van der Waals surface area contributed by atoms with Crippen molar-refractivity contribution in [3.8, 4) is 0 Å². The van der Waals surface area contributed by atoms with Crippen LogP contribution in [-0.2, 0) is 80.0 Å². The van der Waals surface area contributed by atoms with Crippen molar-refractivity contribution >= 4 is 95.1 Å². The molecule has 39 nitrogen and oxygen atoms in total. The summed E-state index contributed by atoms with van der Waals surface area (Å²) in [4.78, 5) is 195. The van der Waals surface area contributed by atoms with Crippen molar-refractivity contribution in [2.24, 2.45) is 55.9 Å². The lowest BCUT2D eigenvalue weighted by molar-refractivity contribution is -0.136. The van der Waals surface area contributed by atoms with Crippen LogP contribution in [-0.4, -0.2) is 230 Å². The number of nitrogens with zero attached hydrogens (tertiary/aromatic N) is 2. The van der Waals surface area contributed by atoms with Crippen LogP contribution in [0.25, 0.3) is 0 Å². The molecule has 2 aromatic carbocycles. The van der Waals surface area contributed by atoms with Crippen LogP contribution in [0.3, 0.4) is 0 Å². The number of aliphatic imine (C=N–C) groups is 2. The number of aliphatic hydroxyl groups excluding tert-OH is 2. The number of aliphatic hydroxyl groups is 2. The Bertz CT molecular complexity index is 3180. The predicted octanol–water partition coefficient (Wildman–Crippen LogP) is -8.94. The smallest absolute Gasteiger partial charge is 0.245 e. The highest BCUT2D eigenvalue weighted by Crippen LogP contribution is 2.11. The second-order valence-corrected chi connectivity index (χ2v) is 24.8. The summed E-state index contributed by atoms with van der Waals surface area (Å²) < 4.78 is 0. The van der Waals surface area contributed by atoms with E-state index in [-0.39, 0.29) is 102 Å². The van der Waals surface area contributed by atoms with Crippen LogP contribution < -0.4 is 115 Å². The average Bonchev–Trinajstić information content (AvgIpc) is 0.861. The first kappa shape index (κ1) is 90.4. The van der Waals surface area contributed by atoms with Crippen molar-refractivity contribution in [1.29, 1.82) is 0 Å². The number of nitrogens with one attached hydrogen (secondary N) is 13. The summed E-state index contributed by atoms with van der Waals surface area (Å²) in [6, 6.07) is 1.84. The molecule has 0 fully saturated rings. The van der Waals surface area contributed by atoms with Crippen molar-refractivity contribution in [2.45, 2.75) is 190 Å². The second kappa shape index (κ2) is 50.7. The molecule has 0 spiro atoms. The summed E-state index contributed by atoms with van der Waals surface area (Å²) >= 11 is 0. The monoisotopic (exact) mass is 1480 g/mol. The predicted molar refractivity (Wildman–Crippen MR) is 386 cm³/mol. The van der Waals surface area contributed by atoms with Gasteiger partial charge in [-0.25, -0.2) is 0 Å². The first-order valence-corrected chi connectivity index (χ1v) is 34.6. The SMILES string of the molecule is C[C@H](NC(=O)CNC(=O)[C@@H](NC(=O)[C@H](Cc1ccccc1)NC(=O)[C@H](CCCCNC=O)NC(=O)CNC(=O)[C@@H](N)Cc1ccccc1)[C@@H](C)O)C(=O)N[C@@H](CCCN=C(N)N)C(=O)N[C@@H](CCCCN)C(=O)N[C@@H](CO)C(=O)N[C@@H](C)C(=O)N[C@@H](CCCN=C(N)N)C(=O)N[C@@H](CCCCN)C(N)=O. The molecule has 2 rings (SSSR count). The molecule has 0 aliphatic rings. The standard InChI is InChI=1S/C66H109N23O16/c1-38(80-51(93)34-79-64(105)53(40(3)92)89-62(103)49(33-42-20-8-5-9-21-42)87-58(99)45(24-12-15-29-75-37-91)82-52(94)35-78-57(98)43(69)32-41-18-6-4-7-19-41)55(96)84-48(26-17-31-77-66(73)74)60(101)86-46(23-11-14-28-68)61(102)88-50(36-90)63(104)81-39(2)56(97)85-47(25-16-30-76-65(71)72)59(100)83-44(54(70)95)22-10-13-27-67/h4-9,18-21,37-40,43-50,53,90,92H,10-17,22-36,67-69H2,1-3H3,(H2,70,95)(H,75,91)(H,78,98)(H,79,105)(H,80,93)(H,81,104)(H,82,94)(H,83,100)(H,84,96)(H,85,97)(H,86,101)(H,87,99)(H,88,102)(H,89,103)(H4,71,72,76)(H4,73,74,77)/t38-,39-,40+,43-,44-,45-,46-,47-,48-,49-,50-,53-/m0/s1. The largest absolute Gasteiger partial charge is 0.394 e. The van der Waals surface area contributed by atoms with Crippen LogP contribution >= 0.6 is 0 Å². The number of rotatable bonds is 53. The zero-order valence-corrected chi connectivity index (χ0v) is 59.7. The number of hydrogen-bond acceptors (Lipinski definition) is 21. The highest BCUT2D eigenvalue weighted by atomic mass is 16.3. The molecular formula is C66H109N23O16. The third kappa shape index (κ3) is 37.4. The van der Waals surface area contributed by atoms with Gasteiger partial charge >= 0.3 is 0 Å². The van der Waals surface area contributed by atoms with Gasteiger partial charge in [-0.05, 0) is 135 Å². The number of unbranched alkanes of at least 4 members (excludes halogenated alkanes) is 3. The third-order valence-corrected chi connectivity index (χ3v) is 15.9. The second-order valence-electron chi connectivity index (χ2n) is 24.8. The first-order valence-electron chi connectivity index (χ1n) is 34.6. The average molecular weight is 1480 g/mol. The molecule has 0 aliphatic heterocycles. The van der Waals surface area contributed by atoms with E-state index < -0.39 is 169 Å². The molecule has 0 radical (unpaired) electrons. The normalized spacial score (nSPS) is 14.3. The molecule has 12 atom stereocenters. The van der Waals surface area contributed by atoms with Gasteiger partial charge < -0.3 is 125 Å². The van der Waals surface area contributed by atoms with E-state index in [4.69, 9.17) is 45.9 Å². The number of carbonyl (C=O) groups excluding carboxylic acids is 14. The fourth-order valence-electron chi connectivity index (χ4n) is 10.1. The molecule has 584 valence electrons. The number of guanidine groups is 2. The maximum Gasteiger partial charge on any atom is 0.245 e. The van der Waals surface area contributed by atoms with E-state index >= 15 is 0 Å². The van der Waals surface area contributed by atoms with Gasteiger partial charge in [-0.3, -0.25) is 77.1 Å². The van der Waals surface area contributed by atoms with Gasteiger partial charge in [-0.15, -0.1) is 0 Å². The Kier molecular flexibility index (Phi) is 43.7. The number of hydrogen-bond donors (Lipinski definition) is 23. The zero-order chi connectivity index (χ0) is 78.4. The van der Waals surface area contributed by atoms with Crippen molar-refractivity contribution in [3.63, 3.8) is 0 Å². The molecule has 14 amide bonds. The van der Waals surface area contributed by atoms with Crippen LogP contribution in [0.1, 0.15) is 115 Å². The van der Waals surface area contributed by atoms with E-state index in [1.165, 1.54) is 20.8 Å². The first-order chi connectivity index (χ1) is 49.9. The lowest BCUT2D eigenvalue weighted by Crippen LogP contribution is -2.60. The number of benzene rings is 2. The molecule has 0 saturated heterocycles. The summed E-state index contributed by atoms with van der Waals surface area (Å²) in [6.45, 7) is 1.98. The van der Waals surface area contributed by atoms with Gasteiger partial charge in [-0.2, -0.15) is 0 Å². The summed E-state index contributed by atoms with van der Waals surface area (Å²) in [5, 5.41) is 53.3. The Labute approximate surface area is 609 Å². The van der Waals surface area contributed by atoms with Gasteiger partial charge in [-0.1, -0.05) is 60.7 Å². The minimum atomic E-state index is -1.77. The third-order valence-electron chi connectivity index (χ3n) is 15.9. The number of nitrogens with two attached hydrogens (primary N) is 8. The van der Waals surface area contributed by atoms with Gasteiger partial charge in [0.05, 0.1) is 31.8 Å². The minimum absolute atomic E-state index is 0.00136. The van der Waals surface area contributed by atoms with E-state index in [0.29, 0.717) is 50.6 Å². The van der Waals surface area contributed by atoms with Crippen LogP contribution in [0.2, 0.25) is 0 Å². The molecule has 0 saturated carbocycles. The molecule has 0 aliphatic carbocycles. The molecule has 39 heteroatoms. The molecule has 0 aromatic heterocycles. The van der Waals surface area contributed by atoms with Crippen molar-refractivity contribution < 1.29 is 77.3 Å². The highest BCUT2D eigenvalue weighted by molar-refractivity contribution is 5.99. The molecule has 31 N–H and O–H groups in total. The molecule has 0 heterocycles. The Morgan fingerprint density at radius 1 is 0.429 bits per heavy atom. The van der Waals surface area contributed by atoms with Crippen LogP contribution in [0, 0.1) is 0 Å². The quantitative estimate of drug-likeness (QED) is 0.0127. The van der Waals surface area contributed by atoms with Crippen molar-refractivity contribution in [3.05, 3.63) is 71.8 Å². The van der Waals surface area contributed by atoms with Crippen LogP contribution in [0.15, 0.2) is 70.6 Å². The molecule has 0 unspecified atom stereocenters. The van der Waals surface area contributed by atoms with E-state index in [2.05, 4.69) is 79.1 Å². The number of primary amides is 1. The fraction of sp³-hybridized carbons (Fsp3) is 0.576. The molecular weight excluding hydrogens is 1370 g/mol. The summed E-state index contributed by atoms with van der Waals surface area (Å²) in [5.74, 6) is -12.3. The Hall–Kier alpha value is -10.6. The molecule has 105 heavy (non-hydrogen) atoms. The molecule has 0 bridgehead atoms. The number of amides is 14. The minimum Gasteiger partial charge on any atom is -0.394 e.